The van der Waals surface area contributed by atoms with Gasteiger partial charge in [-0.2, -0.15) is 0 Å². The molecule has 0 amide bonds. The van der Waals surface area contributed by atoms with Crippen LogP contribution >= 0.6 is 11.3 Å². The quantitative estimate of drug-likeness (QED) is 0.667. The lowest BCUT2D eigenvalue weighted by molar-refractivity contribution is -0.384. The number of non-ortho nitro benzene ring substituents is 1. The molecule has 1 N–H and O–H groups in total. The van der Waals surface area contributed by atoms with E-state index in [-0.39, 0.29) is 11.6 Å². The van der Waals surface area contributed by atoms with E-state index in [0.29, 0.717) is 12.8 Å². The van der Waals surface area contributed by atoms with Crippen molar-refractivity contribution in [1.29, 1.82) is 0 Å². The van der Waals surface area contributed by atoms with Gasteiger partial charge in [0.1, 0.15) is 0 Å². The van der Waals surface area contributed by atoms with Gasteiger partial charge < -0.3 is 5.11 Å². The SMILES string of the molecule is O=C(O)C1Cc2sc3ccc([N+](=O)[O-])cc3c2C1. The first-order valence-corrected chi connectivity index (χ1v) is 6.29. The van der Waals surface area contributed by atoms with Crippen molar-refractivity contribution in [3.8, 4) is 0 Å². The van der Waals surface area contributed by atoms with Gasteiger partial charge in [0.15, 0.2) is 0 Å². The number of carboxylic acid groups (broad SMARTS) is 1. The maximum absolute atomic E-state index is 11.0. The van der Waals surface area contributed by atoms with Gasteiger partial charge in [0.2, 0.25) is 0 Å². The molecule has 1 heterocycles. The van der Waals surface area contributed by atoms with E-state index in [9.17, 15) is 14.9 Å². The second-order valence-corrected chi connectivity index (χ2v) is 5.52. The van der Waals surface area contributed by atoms with E-state index in [0.717, 1.165) is 20.5 Å². The van der Waals surface area contributed by atoms with Gasteiger partial charge in [-0.15, -0.1) is 11.3 Å². The molecule has 1 aromatic heterocycles. The summed E-state index contributed by atoms with van der Waals surface area (Å²) in [6, 6.07) is 4.78. The minimum absolute atomic E-state index is 0.0573. The van der Waals surface area contributed by atoms with E-state index in [1.807, 2.05) is 0 Å². The van der Waals surface area contributed by atoms with E-state index >= 15 is 0 Å². The summed E-state index contributed by atoms with van der Waals surface area (Å²) in [4.78, 5) is 22.4. The summed E-state index contributed by atoms with van der Waals surface area (Å²) >= 11 is 1.54. The van der Waals surface area contributed by atoms with E-state index in [1.165, 1.54) is 6.07 Å². The number of carboxylic acids is 1. The van der Waals surface area contributed by atoms with Crippen LogP contribution in [0.15, 0.2) is 18.2 Å². The number of fused-ring (bicyclic) bond motifs is 3. The predicted octanol–water partition coefficient (Wildman–Crippen LogP) is 2.61. The van der Waals surface area contributed by atoms with Crippen LogP contribution in [-0.4, -0.2) is 16.0 Å². The molecule has 0 spiro atoms. The van der Waals surface area contributed by atoms with Crippen LogP contribution in [0.5, 0.6) is 0 Å². The Morgan fingerprint density at radius 2 is 2.22 bits per heavy atom. The Morgan fingerprint density at radius 1 is 1.44 bits per heavy atom. The summed E-state index contributed by atoms with van der Waals surface area (Å²) < 4.78 is 0.995. The van der Waals surface area contributed by atoms with Gasteiger partial charge in [-0.1, -0.05) is 0 Å². The molecule has 92 valence electrons. The van der Waals surface area contributed by atoms with Gasteiger partial charge >= 0.3 is 5.97 Å². The molecule has 0 radical (unpaired) electrons. The van der Waals surface area contributed by atoms with Gasteiger partial charge in [-0.25, -0.2) is 0 Å². The predicted molar refractivity (Wildman–Crippen MR) is 67.0 cm³/mol. The molecule has 0 fully saturated rings. The van der Waals surface area contributed by atoms with E-state index in [4.69, 9.17) is 5.11 Å². The van der Waals surface area contributed by atoms with Crippen LogP contribution in [0.2, 0.25) is 0 Å². The Hall–Kier alpha value is -1.95. The Bertz CT molecular complexity index is 676. The largest absolute Gasteiger partial charge is 0.481 e. The van der Waals surface area contributed by atoms with E-state index in [1.54, 1.807) is 23.5 Å². The molecule has 1 atom stereocenters. The first-order chi connectivity index (χ1) is 8.56. The van der Waals surface area contributed by atoms with Crippen LogP contribution in [0.3, 0.4) is 0 Å². The van der Waals surface area contributed by atoms with Crippen LogP contribution in [0.25, 0.3) is 10.1 Å². The number of aliphatic carboxylic acids is 1. The maximum Gasteiger partial charge on any atom is 0.307 e. The topological polar surface area (TPSA) is 80.4 Å². The molecule has 1 aliphatic carbocycles. The number of hydrogen-bond donors (Lipinski definition) is 1. The Labute approximate surface area is 106 Å². The second kappa shape index (κ2) is 3.78. The van der Waals surface area contributed by atoms with E-state index < -0.39 is 10.9 Å². The summed E-state index contributed by atoms with van der Waals surface area (Å²) in [5.41, 5.74) is 1.04. The van der Waals surface area contributed by atoms with Gasteiger partial charge in [0.05, 0.1) is 10.8 Å². The van der Waals surface area contributed by atoms with Crippen LogP contribution < -0.4 is 0 Å². The first-order valence-electron chi connectivity index (χ1n) is 5.48. The second-order valence-electron chi connectivity index (χ2n) is 4.38. The van der Waals surface area contributed by atoms with Crippen LogP contribution in [0, 0.1) is 16.0 Å². The number of nitro groups is 1. The molecule has 3 rings (SSSR count). The summed E-state index contributed by atoms with van der Waals surface area (Å²) in [5.74, 6) is -1.17. The smallest absolute Gasteiger partial charge is 0.307 e. The van der Waals surface area contributed by atoms with Crippen molar-refractivity contribution in [3.05, 3.63) is 38.8 Å². The summed E-state index contributed by atoms with van der Waals surface area (Å²) in [6.45, 7) is 0. The van der Waals surface area contributed by atoms with Crippen molar-refractivity contribution < 1.29 is 14.8 Å². The summed E-state index contributed by atoms with van der Waals surface area (Å²) in [6.07, 6.45) is 1.02. The Morgan fingerprint density at radius 3 is 2.89 bits per heavy atom. The molecule has 5 nitrogen and oxygen atoms in total. The molecule has 0 aliphatic heterocycles. The van der Waals surface area contributed by atoms with Gasteiger partial charge in [-0.05, 0) is 24.5 Å². The van der Waals surface area contributed by atoms with Gasteiger partial charge in [0, 0.05) is 27.1 Å². The summed E-state index contributed by atoms with van der Waals surface area (Å²) in [5, 5.41) is 20.6. The zero-order valence-corrected chi connectivity index (χ0v) is 10.1. The third kappa shape index (κ3) is 1.57. The Balaban J connectivity index is 2.12. The first kappa shape index (κ1) is 11.2. The average Bonchev–Trinajstić information content (AvgIpc) is 2.84. The molecule has 0 saturated heterocycles. The molecule has 0 bridgehead atoms. The van der Waals surface area contributed by atoms with Crippen molar-refractivity contribution in [2.45, 2.75) is 12.8 Å². The maximum atomic E-state index is 11.0. The Kier molecular flexibility index (Phi) is 2.34. The highest BCUT2D eigenvalue weighted by molar-refractivity contribution is 7.19. The van der Waals surface area contributed by atoms with Crippen molar-refractivity contribution in [2.75, 3.05) is 0 Å². The van der Waals surface area contributed by atoms with Crippen LogP contribution in [0.1, 0.15) is 10.4 Å². The number of thiophene rings is 1. The summed E-state index contributed by atoms with van der Waals surface area (Å²) in [7, 11) is 0. The van der Waals surface area contributed by atoms with Crippen LogP contribution in [0.4, 0.5) is 5.69 Å². The number of benzene rings is 1. The molecule has 1 aromatic carbocycles. The van der Waals surface area contributed by atoms with Crippen molar-refractivity contribution in [3.63, 3.8) is 0 Å². The van der Waals surface area contributed by atoms with Crippen LogP contribution in [-0.2, 0) is 17.6 Å². The monoisotopic (exact) mass is 263 g/mol. The molecule has 18 heavy (non-hydrogen) atoms. The fourth-order valence-corrected chi connectivity index (χ4v) is 3.70. The number of rotatable bonds is 2. The average molecular weight is 263 g/mol. The van der Waals surface area contributed by atoms with E-state index in [2.05, 4.69) is 0 Å². The minimum atomic E-state index is -0.794. The number of nitrogens with zero attached hydrogens (tertiary/aromatic N) is 1. The third-order valence-corrected chi connectivity index (χ3v) is 4.54. The van der Waals surface area contributed by atoms with Gasteiger partial charge in [-0.3, -0.25) is 14.9 Å². The number of hydrogen-bond acceptors (Lipinski definition) is 4. The molecule has 2 aromatic rings. The lowest BCUT2D eigenvalue weighted by Gasteiger charge is -2.01. The van der Waals surface area contributed by atoms with Crippen molar-refractivity contribution in [2.24, 2.45) is 5.92 Å². The highest BCUT2D eigenvalue weighted by Gasteiger charge is 2.30. The zero-order chi connectivity index (χ0) is 12.9. The van der Waals surface area contributed by atoms with Gasteiger partial charge in [0.25, 0.3) is 5.69 Å². The molecule has 6 heteroatoms. The molecule has 1 aliphatic rings. The fourth-order valence-electron chi connectivity index (χ4n) is 2.41. The fraction of sp³-hybridized carbons (Fsp3) is 0.250. The number of carbonyl (C=O) groups is 1. The molecule has 0 saturated carbocycles. The normalized spacial score (nSPS) is 17.9. The highest BCUT2D eigenvalue weighted by atomic mass is 32.1. The van der Waals surface area contributed by atoms with Crippen molar-refractivity contribution >= 4 is 33.1 Å². The number of nitro benzene ring substituents is 1. The minimum Gasteiger partial charge on any atom is -0.481 e. The third-order valence-electron chi connectivity index (χ3n) is 3.30. The molecule has 1 unspecified atom stereocenters. The zero-order valence-electron chi connectivity index (χ0n) is 9.25. The lowest BCUT2D eigenvalue weighted by Crippen LogP contribution is -2.13. The van der Waals surface area contributed by atoms with Crippen molar-refractivity contribution in [1.82, 2.24) is 0 Å². The molecular formula is C12H9NO4S. The standard InChI is InChI=1S/C12H9NO4S/c14-12(15)6-3-8-9-5-7(13(16)17)1-2-10(9)18-11(8)4-6/h1-2,5-6H,3-4H2,(H,14,15). The highest BCUT2D eigenvalue weighted by Crippen LogP contribution is 2.40. The lowest BCUT2D eigenvalue weighted by atomic mass is 10.1. The molecular weight excluding hydrogens is 254 g/mol.